The molecule has 4 heteroatoms. The fourth-order valence-corrected chi connectivity index (χ4v) is 4.25. The van der Waals surface area contributed by atoms with Crippen LogP contribution in [0.5, 0.6) is 0 Å². The van der Waals surface area contributed by atoms with Crippen LogP contribution in [0.2, 0.25) is 0 Å². The molecule has 1 saturated carbocycles. The maximum absolute atomic E-state index is 13.5. The summed E-state index contributed by atoms with van der Waals surface area (Å²) in [5, 5.41) is 0. The first-order valence-corrected chi connectivity index (χ1v) is 11.1. The van der Waals surface area contributed by atoms with E-state index >= 15 is 0 Å². The molecular weight excluding hydrogens is 360 g/mol. The van der Waals surface area contributed by atoms with Crippen LogP contribution in [0.15, 0.2) is 42.7 Å². The number of unbranched alkanes of at least 4 members (excludes halogenated alkanes) is 2. The Kier molecular flexibility index (Phi) is 7.68. The number of ketones is 2. The van der Waals surface area contributed by atoms with Gasteiger partial charge in [0, 0.05) is 18.8 Å². The van der Waals surface area contributed by atoms with Gasteiger partial charge in [0.25, 0.3) is 0 Å². The molecule has 1 fully saturated rings. The average Bonchev–Trinajstić information content (AvgIpc) is 2.75. The summed E-state index contributed by atoms with van der Waals surface area (Å²) in [5.74, 6) is -0.144. The minimum absolute atomic E-state index is 0.0468. The monoisotopic (exact) mass is 392 g/mol. The van der Waals surface area contributed by atoms with Gasteiger partial charge in [0.1, 0.15) is 17.5 Å². The van der Waals surface area contributed by atoms with Crippen molar-refractivity contribution in [2.45, 2.75) is 71.1 Å². The van der Waals surface area contributed by atoms with Crippen molar-refractivity contribution in [2.75, 3.05) is 0 Å². The predicted molar refractivity (Wildman–Crippen MR) is 115 cm³/mol. The molecule has 0 spiro atoms. The smallest absolute Gasteiger partial charge is 0.158 e. The molecule has 3 atom stereocenters. The Labute approximate surface area is 174 Å². The summed E-state index contributed by atoms with van der Waals surface area (Å²) in [6, 6.07) is 9.64. The van der Waals surface area contributed by atoms with Gasteiger partial charge in [-0.3, -0.25) is 9.59 Å². The second-order valence-corrected chi connectivity index (χ2v) is 8.23. The lowest BCUT2D eigenvalue weighted by Crippen LogP contribution is -2.34. The molecule has 0 bridgehead atoms. The zero-order valence-corrected chi connectivity index (χ0v) is 17.6. The highest BCUT2D eigenvalue weighted by Crippen LogP contribution is 2.34. The van der Waals surface area contributed by atoms with Crippen molar-refractivity contribution in [2.24, 2.45) is 11.8 Å². The molecule has 0 aliphatic heterocycles. The molecule has 3 rings (SSSR count). The first kappa shape index (κ1) is 21.4. The van der Waals surface area contributed by atoms with Crippen molar-refractivity contribution in [1.82, 2.24) is 9.97 Å². The van der Waals surface area contributed by atoms with Gasteiger partial charge < -0.3 is 0 Å². The molecule has 0 saturated heterocycles. The zero-order chi connectivity index (χ0) is 20.6. The minimum Gasteiger partial charge on any atom is -0.299 e. The van der Waals surface area contributed by atoms with E-state index in [4.69, 9.17) is 0 Å². The lowest BCUT2D eigenvalue weighted by Gasteiger charge is -2.28. The Balaban J connectivity index is 1.84. The standard InChI is InChI=1S/C25H32N2O2/c1-3-5-7-10-19-16-26-25(27-17-19)23(20-11-8-6-9-12-20)24(29)21-14-13-18(4-2)15-22(21)28/h6,8-9,11-12,16-18,21,23H,3-5,7,10,13-15H2,1-2H3. The van der Waals surface area contributed by atoms with Crippen molar-refractivity contribution in [3.05, 3.63) is 59.7 Å². The molecule has 0 amide bonds. The third kappa shape index (κ3) is 5.37. The van der Waals surface area contributed by atoms with Gasteiger partial charge in [-0.25, -0.2) is 9.97 Å². The fraction of sp³-hybridized carbons (Fsp3) is 0.520. The van der Waals surface area contributed by atoms with Crippen LogP contribution in [0.3, 0.4) is 0 Å². The summed E-state index contributed by atoms with van der Waals surface area (Å²) in [5.41, 5.74) is 1.96. The van der Waals surface area contributed by atoms with Gasteiger partial charge >= 0.3 is 0 Å². The van der Waals surface area contributed by atoms with Crippen molar-refractivity contribution < 1.29 is 9.59 Å². The van der Waals surface area contributed by atoms with E-state index in [2.05, 4.69) is 23.8 Å². The Hall–Kier alpha value is -2.36. The van der Waals surface area contributed by atoms with E-state index in [-0.39, 0.29) is 11.6 Å². The van der Waals surface area contributed by atoms with Gasteiger partial charge in [0.2, 0.25) is 0 Å². The van der Waals surface area contributed by atoms with Crippen LogP contribution < -0.4 is 0 Å². The Bertz CT molecular complexity index is 801. The maximum Gasteiger partial charge on any atom is 0.158 e. The molecule has 3 unspecified atom stereocenters. The van der Waals surface area contributed by atoms with Crippen LogP contribution in [-0.2, 0) is 16.0 Å². The summed E-state index contributed by atoms with van der Waals surface area (Å²) in [6.07, 6.45) is 11.2. The summed E-state index contributed by atoms with van der Waals surface area (Å²) < 4.78 is 0. The van der Waals surface area contributed by atoms with Crippen LogP contribution >= 0.6 is 0 Å². The van der Waals surface area contributed by atoms with E-state index in [0.29, 0.717) is 24.6 Å². The molecule has 0 N–H and O–H groups in total. The zero-order valence-electron chi connectivity index (χ0n) is 17.6. The molecule has 4 nitrogen and oxygen atoms in total. The number of rotatable bonds is 9. The number of hydrogen-bond donors (Lipinski definition) is 0. The number of Topliss-reactive ketones (excluding diaryl/α,β-unsaturated/α-hetero) is 2. The number of hydrogen-bond acceptors (Lipinski definition) is 4. The van der Waals surface area contributed by atoms with E-state index in [1.54, 1.807) is 0 Å². The first-order valence-electron chi connectivity index (χ1n) is 11.1. The largest absolute Gasteiger partial charge is 0.299 e. The van der Waals surface area contributed by atoms with Gasteiger partial charge in [-0.1, -0.05) is 63.4 Å². The Morgan fingerprint density at radius 3 is 2.41 bits per heavy atom. The normalized spacial score (nSPS) is 20.4. The molecule has 154 valence electrons. The lowest BCUT2D eigenvalue weighted by molar-refractivity contribution is -0.135. The molecule has 1 aliphatic carbocycles. The second kappa shape index (κ2) is 10.4. The van der Waals surface area contributed by atoms with E-state index in [0.717, 1.165) is 36.8 Å². The van der Waals surface area contributed by atoms with Gasteiger partial charge in [-0.05, 0) is 42.7 Å². The van der Waals surface area contributed by atoms with E-state index in [1.807, 2.05) is 42.7 Å². The van der Waals surface area contributed by atoms with Crippen molar-refractivity contribution in [3.63, 3.8) is 0 Å². The third-order valence-corrected chi connectivity index (χ3v) is 6.13. The van der Waals surface area contributed by atoms with Crippen LogP contribution in [0.25, 0.3) is 0 Å². The predicted octanol–water partition coefficient (Wildman–Crippen LogP) is 5.31. The van der Waals surface area contributed by atoms with Gasteiger partial charge in [-0.15, -0.1) is 0 Å². The van der Waals surface area contributed by atoms with E-state index in [9.17, 15) is 9.59 Å². The van der Waals surface area contributed by atoms with Crippen LogP contribution in [0, 0.1) is 11.8 Å². The molecule has 2 aromatic rings. The number of benzene rings is 1. The average molecular weight is 393 g/mol. The molecule has 1 aliphatic rings. The number of aryl methyl sites for hydroxylation is 1. The minimum atomic E-state index is -0.576. The van der Waals surface area contributed by atoms with Crippen LogP contribution in [-0.4, -0.2) is 21.5 Å². The number of carbonyl (C=O) groups excluding carboxylic acids is 2. The van der Waals surface area contributed by atoms with Crippen LogP contribution in [0.1, 0.15) is 81.7 Å². The maximum atomic E-state index is 13.5. The number of nitrogens with zero attached hydrogens (tertiary/aromatic N) is 2. The topological polar surface area (TPSA) is 59.9 Å². The summed E-state index contributed by atoms with van der Waals surface area (Å²) >= 11 is 0. The summed E-state index contributed by atoms with van der Waals surface area (Å²) in [4.78, 5) is 35.3. The van der Waals surface area contributed by atoms with Gasteiger partial charge in [0.05, 0.1) is 5.92 Å². The Morgan fingerprint density at radius 2 is 1.79 bits per heavy atom. The fourth-order valence-electron chi connectivity index (χ4n) is 4.25. The Morgan fingerprint density at radius 1 is 1.07 bits per heavy atom. The third-order valence-electron chi connectivity index (χ3n) is 6.13. The first-order chi connectivity index (χ1) is 14.1. The quantitative estimate of drug-likeness (QED) is 0.429. The number of carbonyl (C=O) groups is 2. The summed E-state index contributed by atoms with van der Waals surface area (Å²) in [6.45, 7) is 4.30. The lowest BCUT2D eigenvalue weighted by atomic mass is 9.74. The second-order valence-electron chi connectivity index (χ2n) is 8.23. The van der Waals surface area contributed by atoms with Crippen molar-refractivity contribution in [3.8, 4) is 0 Å². The van der Waals surface area contributed by atoms with E-state index < -0.39 is 11.8 Å². The van der Waals surface area contributed by atoms with Gasteiger partial charge in [0.15, 0.2) is 5.78 Å². The molecular formula is C25H32N2O2. The molecule has 1 aromatic heterocycles. The SMILES string of the molecule is CCCCCc1cnc(C(C(=O)C2CCC(CC)CC2=O)c2ccccc2)nc1. The molecule has 29 heavy (non-hydrogen) atoms. The summed E-state index contributed by atoms with van der Waals surface area (Å²) in [7, 11) is 0. The molecule has 0 radical (unpaired) electrons. The van der Waals surface area contributed by atoms with Crippen molar-refractivity contribution >= 4 is 11.6 Å². The van der Waals surface area contributed by atoms with Crippen LogP contribution in [0.4, 0.5) is 0 Å². The molecule has 1 aromatic carbocycles. The number of aromatic nitrogens is 2. The highest BCUT2D eigenvalue weighted by molar-refractivity contribution is 6.06. The highest BCUT2D eigenvalue weighted by atomic mass is 16.2. The van der Waals surface area contributed by atoms with Gasteiger partial charge in [-0.2, -0.15) is 0 Å². The van der Waals surface area contributed by atoms with Crippen molar-refractivity contribution in [1.29, 1.82) is 0 Å². The van der Waals surface area contributed by atoms with E-state index in [1.165, 1.54) is 12.8 Å². The highest BCUT2D eigenvalue weighted by Gasteiger charge is 2.38. The molecule has 1 heterocycles.